The Labute approximate surface area is 72.1 Å². The number of nitriles is 1. The molecule has 0 rings (SSSR count). The van der Waals surface area contributed by atoms with Crippen LogP contribution in [0.2, 0.25) is 0 Å². The maximum atomic E-state index is 9.61. The fourth-order valence-electron chi connectivity index (χ4n) is 0.252. The Kier molecular flexibility index (Phi) is 10.7. The van der Waals surface area contributed by atoms with Crippen molar-refractivity contribution < 1.29 is 14.6 Å². The van der Waals surface area contributed by atoms with Crippen LogP contribution >= 0.6 is 0 Å². The highest BCUT2D eigenvalue weighted by Gasteiger charge is 1.97. The minimum Gasteiger partial charge on any atom is -0.477 e. The highest BCUT2D eigenvalue weighted by molar-refractivity contribution is 5.90. The van der Waals surface area contributed by atoms with Gasteiger partial charge in [-0.1, -0.05) is 6.58 Å². The van der Waals surface area contributed by atoms with Gasteiger partial charge in [0.15, 0.2) is 0 Å². The smallest absolute Gasteiger partial charge is 0.345 e. The molecule has 0 atom stereocenters. The molecule has 0 bridgehead atoms. The van der Waals surface area contributed by atoms with Gasteiger partial charge in [-0.15, -0.1) is 0 Å². The summed E-state index contributed by atoms with van der Waals surface area (Å²) in [5.74, 6) is -1.26. The Morgan fingerprint density at radius 2 is 2.00 bits per heavy atom. The second-order valence-electron chi connectivity index (χ2n) is 1.68. The Morgan fingerprint density at radius 3 is 2.00 bits per heavy atom. The molecule has 0 amide bonds. The van der Waals surface area contributed by atoms with Crippen molar-refractivity contribution in [2.75, 3.05) is 13.2 Å². The predicted octanol–water partition coefficient (Wildman–Crippen LogP) is 1.19. The van der Waals surface area contributed by atoms with Crippen LogP contribution in [0.3, 0.4) is 0 Å². The van der Waals surface area contributed by atoms with Crippen molar-refractivity contribution in [2.24, 2.45) is 0 Å². The average molecular weight is 171 g/mol. The van der Waals surface area contributed by atoms with E-state index in [1.165, 1.54) is 6.07 Å². The van der Waals surface area contributed by atoms with Crippen molar-refractivity contribution in [3.05, 3.63) is 12.2 Å². The van der Waals surface area contributed by atoms with Gasteiger partial charge in [-0.2, -0.15) is 5.26 Å². The molecule has 4 nitrogen and oxygen atoms in total. The number of hydrogen-bond acceptors (Lipinski definition) is 3. The van der Waals surface area contributed by atoms with Crippen molar-refractivity contribution in [1.82, 2.24) is 0 Å². The van der Waals surface area contributed by atoms with E-state index in [4.69, 9.17) is 15.1 Å². The molecule has 0 aliphatic rings. The number of aliphatic carboxylic acids is 1. The molecule has 0 aromatic carbocycles. The average Bonchev–Trinajstić information content (AvgIpc) is 2.05. The van der Waals surface area contributed by atoms with Gasteiger partial charge in [-0.3, -0.25) is 0 Å². The van der Waals surface area contributed by atoms with Gasteiger partial charge in [-0.25, -0.2) is 4.79 Å². The van der Waals surface area contributed by atoms with Crippen LogP contribution in [0.25, 0.3) is 0 Å². The van der Waals surface area contributed by atoms with Gasteiger partial charge >= 0.3 is 5.97 Å². The van der Waals surface area contributed by atoms with E-state index in [1.807, 2.05) is 13.8 Å². The second-order valence-corrected chi connectivity index (χ2v) is 1.68. The van der Waals surface area contributed by atoms with Gasteiger partial charge in [0.25, 0.3) is 0 Å². The van der Waals surface area contributed by atoms with Gasteiger partial charge in [-0.05, 0) is 13.8 Å². The van der Waals surface area contributed by atoms with E-state index < -0.39 is 11.5 Å². The van der Waals surface area contributed by atoms with Crippen LogP contribution in [0.4, 0.5) is 0 Å². The monoisotopic (exact) mass is 171 g/mol. The minimum atomic E-state index is -1.26. The molecule has 0 aliphatic carbocycles. The van der Waals surface area contributed by atoms with E-state index in [9.17, 15) is 4.79 Å². The summed E-state index contributed by atoms with van der Waals surface area (Å²) in [6, 6.07) is 1.37. The Bertz CT molecular complexity index is 179. The maximum absolute atomic E-state index is 9.61. The molecule has 0 unspecified atom stereocenters. The van der Waals surface area contributed by atoms with Crippen LogP contribution in [0.1, 0.15) is 13.8 Å². The molecular formula is C8H13NO3. The third kappa shape index (κ3) is 11.5. The lowest BCUT2D eigenvalue weighted by Gasteiger charge is -1.86. The first-order chi connectivity index (χ1) is 5.59. The third-order valence-electron chi connectivity index (χ3n) is 0.801. The summed E-state index contributed by atoms with van der Waals surface area (Å²) in [5.41, 5.74) is -0.431. The normalized spacial score (nSPS) is 7.42. The number of carboxylic acids is 1. The van der Waals surface area contributed by atoms with Crippen LogP contribution in [0, 0.1) is 11.3 Å². The van der Waals surface area contributed by atoms with Gasteiger partial charge < -0.3 is 9.84 Å². The number of ether oxygens (including phenoxy) is 1. The van der Waals surface area contributed by atoms with Crippen LogP contribution in [0.5, 0.6) is 0 Å². The van der Waals surface area contributed by atoms with Crippen LogP contribution in [-0.2, 0) is 9.53 Å². The number of hydrogen-bond donors (Lipinski definition) is 1. The molecule has 0 aliphatic heterocycles. The molecule has 12 heavy (non-hydrogen) atoms. The molecule has 0 saturated carbocycles. The first-order valence-corrected chi connectivity index (χ1v) is 3.50. The summed E-state index contributed by atoms with van der Waals surface area (Å²) in [6.45, 7) is 8.58. The largest absolute Gasteiger partial charge is 0.477 e. The number of carboxylic acid groups (broad SMARTS) is 1. The molecule has 0 aromatic rings. The van der Waals surface area contributed by atoms with E-state index in [0.717, 1.165) is 13.2 Å². The van der Waals surface area contributed by atoms with E-state index in [2.05, 4.69) is 6.58 Å². The third-order valence-corrected chi connectivity index (χ3v) is 0.801. The standard InChI is InChI=1S/C4H3NO2.C4H10O/c1-3(2-5)4(6)7;1-3-5-4-2/h1H2,(H,6,7);3-4H2,1-2H3. The quantitative estimate of drug-likeness (QED) is 0.511. The van der Waals surface area contributed by atoms with Gasteiger partial charge in [0, 0.05) is 13.2 Å². The van der Waals surface area contributed by atoms with Crippen molar-refractivity contribution >= 4 is 5.97 Å². The molecule has 68 valence electrons. The lowest BCUT2D eigenvalue weighted by molar-refractivity contribution is -0.132. The number of nitrogens with zero attached hydrogens (tertiary/aromatic N) is 1. The SMILES string of the molecule is C=C(C#N)C(=O)O.CCOCC. The second kappa shape index (κ2) is 9.66. The van der Waals surface area contributed by atoms with Crippen molar-refractivity contribution in [3.63, 3.8) is 0 Å². The molecule has 0 radical (unpaired) electrons. The molecule has 4 heteroatoms. The molecule has 0 saturated heterocycles. The lowest BCUT2D eigenvalue weighted by atomic mass is 10.4. The van der Waals surface area contributed by atoms with Crippen LogP contribution < -0.4 is 0 Å². The Hall–Kier alpha value is -1.34. The van der Waals surface area contributed by atoms with Crippen molar-refractivity contribution in [3.8, 4) is 6.07 Å². The molecule has 0 spiro atoms. The fraction of sp³-hybridized carbons (Fsp3) is 0.500. The van der Waals surface area contributed by atoms with Gasteiger partial charge in [0.05, 0.1) is 0 Å². The number of rotatable bonds is 3. The summed E-state index contributed by atoms with van der Waals surface area (Å²) < 4.78 is 4.83. The predicted molar refractivity (Wildman–Crippen MR) is 44.6 cm³/mol. The zero-order valence-electron chi connectivity index (χ0n) is 7.33. The molecule has 0 aromatic heterocycles. The Balaban J connectivity index is 0. The van der Waals surface area contributed by atoms with Crippen LogP contribution in [-0.4, -0.2) is 24.3 Å². The van der Waals surface area contributed by atoms with Crippen molar-refractivity contribution in [1.29, 1.82) is 5.26 Å². The molecule has 0 heterocycles. The molecule has 0 fully saturated rings. The molecule has 1 N–H and O–H groups in total. The lowest BCUT2D eigenvalue weighted by Crippen LogP contribution is -1.94. The summed E-state index contributed by atoms with van der Waals surface area (Å²) in [6.07, 6.45) is 0. The first-order valence-electron chi connectivity index (χ1n) is 3.50. The highest BCUT2D eigenvalue weighted by Crippen LogP contribution is 1.81. The number of carbonyl (C=O) groups is 1. The minimum absolute atomic E-state index is 0.431. The molecular weight excluding hydrogens is 158 g/mol. The Morgan fingerprint density at radius 1 is 1.58 bits per heavy atom. The van der Waals surface area contributed by atoms with Gasteiger partial charge in [0.1, 0.15) is 11.6 Å². The summed E-state index contributed by atoms with van der Waals surface area (Å²) in [7, 11) is 0. The zero-order valence-corrected chi connectivity index (χ0v) is 7.33. The zero-order chi connectivity index (χ0) is 9.98. The topological polar surface area (TPSA) is 70.3 Å². The van der Waals surface area contributed by atoms with E-state index in [1.54, 1.807) is 0 Å². The van der Waals surface area contributed by atoms with Crippen molar-refractivity contribution in [2.45, 2.75) is 13.8 Å². The van der Waals surface area contributed by atoms with E-state index in [-0.39, 0.29) is 0 Å². The highest BCUT2D eigenvalue weighted by atomic mass is 16.5. The maximum Gasteiger partial charge on any atom is 0.345 e. The summed E-state index contributed by atoms with van der Waals surface area (Å²) in [5, 5.41) is 15.6. The summed E-state index contributed by atoms with van der Waals surface area (Å²) >= 11 is 0. The van der Waals surface area contributed by atoms with Gasteiger partial charge in [0.2, 0.25) is 0 Å². The summed E-state index contributed by atoms with van der Waals surface area (Å²) in [4.78, 5) is 9.61. The fourth-order valence-corrected chi connectivity index (χ4v) is 0.252. The van der Waals surface area contributed by atoms with Crippen LogP contribution in [0.15, 0.2) is 12.2 Å². The van der Waals surface area contributed by atoms with E-state index in [0.29, 0.717) is 0 Å². The van der Waals surface area contributed by atoms with E-state index >= 15 is 0 Å². The first kappa shape index (κ1) is 13.3.